The molecule has 29 heavy (non-hydrogen) atoms. The molecule has 0 heterocycles. The van der Waals surface area contributed by atoms with Gasteiger partial charge in [-0.25, -0.2) is 4.39 Å². The first-order chi connectivity index (χ1) is 13.2. The van der Waals surface area contributed by atoms with E-state index >= 15 is 0 Å². The van der Waals surface area contributed by atoms with Crippen molar-refractivity contribution in [3.8, 4) is 11.8 Å². The molecule has 3 aliphatic rings. The summed E-state index contributed by atoms with van der Waals surface area (Å²) >= 11 is 0. The van der Waals surface area contributed by atoms with Crippen molar-refractivity contribution in [2.24, 2.45) is 29.6 Å². The zero-order valence-electron chi connectivity index (χ0n) is 16.9. The van der Waals surface area contributed by atoms with E-state index in [4.69, 9.17) is 0 Å². The Kier molecular flexibility index (Phi) is 9.89. The second kappa shape index (κ2) is 11.2. The van der Waals surface area contributed by atoms with Gasteiger partial charge >= 0.3 is 6.36 Å². The summed E-state index contributed by atoms with van der Waals surface area (Å²) in [7, 11) is 0. The summed E-state index contributed by atoms with van der Waals surface area (Å²) in [4.78, 5) is 0. The molecule has 0 bridgehead atoms. The summed E-state index contributed by atoms with van der Waals surface area (Å²) in [5.41, 5.74) is 0. The summed E-state index contributed by atoms with van der Waals surface area (Å²) in [6.07, 6.45) is -0.803. The predicted molar refractivity (Wildman–Crippen MR) is 97.5 cm³/mol. The normalized spacial score (nSPS) is 41.0. The molecule has 3 saturated carbocycles. The minimum atomic E-state index is -5.04. The van der Waals surface area contributed by atoms with Crippen LogP contribution in [0.15, 0.2) is 0 Å². The first-order valence-corrected chi connectivity index (χ1v) is 10.6. The summed E-state index contributed by atoms with van der Waals surface area (Å²) in [5.74, 6) is 8.10. The first-order valence-electron chi connectivity index (χ1n) is 10.6. The van der Waals surface area contributed by atoms with Crippen molar-refractivity contribution in [2.75, 3.05) is 0 Å². The van der Waals surface area contributed by atoms with Crippen molar-refractivity contribution in [1.82, 2.24) is 0 Å². The van der Waals surface area contributed by atoms with Gasteiger partial charge in [0, 0.05) is 44.8 Å². The van der Waals surface area contributed by atoms with Gasteiger partial charge in [0.05, 0.1) is 0 Å². The molecule has 0 aromatic heterocycles. The Morgan fingerprint density at radius 1 is 0.862 bits per heavy atom. The third kappa shape index (κ3) is 7.72. The molecular weight excluding hydrogens is 464 g/mol. The topological polar surface area (TPSA) is 9.23 Å². The van der Waals surface area contributed by atoms with E-state index in [1.807, 2.05) is 0 Å². The summed E-state index contributed by atoms with van der Waals surface area (Å²) in [6.45, 7) is 2.33. The smallest absolute Gasteiger partial charge is 0.285 e. The molecule has 0 amide bonds. The Labute approximate surface area is 196 Å². The summed E-state index contributed by atoms with van der Waals surface area (Å²) in [5, 5.41) is 0. The van der Waals surface area contributed by atoms with Crippen molar-refractivity contribution in [3.05, 3.63) is 6.42 Å². The molecule has 4 atom stereocenters. The van der Waals surface area contributed by atoms with E-state index in [1.165, 1.54) is 25.7 Å². The van der Waals surface area contributed by atoms with Gasteiger partial charge in [-0.05, 0) is 62.7 Å². The second-order valence-electron chi connectivity index (χ2n) is 8.94. The number of alkyl halides is 5. The largest absolute Gasteiger partial charge is 0.522 e. The van der Waals surface area contributed by atoms with E-state index in [1.54, 1.807) is 0 Å². The van der Waals surface area contributed by atoms with Gasteiger partial charge in [-0.1, -0.05) is 25.7 Å². The van der Waals surface area contributed by atoms with E-state index in [0.717, 1.165) is 49.9 Å². The van der Waals surface area contributed by atoms with E-state index in [0.29, 0.717) is 0 Å². The fourth-order valence-corrected chi connectivity index (χ4v) is 5.10. The molecule has 0 saturated heterocycles. The average Bonchev–Trinajstić information content (AvgIpc) is 2.63. The fraction of sp³-hybridized carbons (Fsp3) is 0.864. The van der Waals surface area contributed by atoms with Gasteiger partial charge in [-0.15, -0.1) is 25.0 Å². The molecule has 0 N–H and O–H groups in total. The molecule has 3 aliphatic carbocycles. The van der Waals surface area contributed by atoms with Crippen LogP contribution in [0.25, 0.3) is 0 Å². The van der Waals surface area contributed by atoms with E-state index in [2.05, 4.69) is 23.5 Å². The molecule has 3 fully saturated rings. The maximum atomic E-state index is 14.0. The van der Waals surface area contributed by atoms with Crippen molar-refractivity contribution >= 4 is 0 Å². The molecule has 163 valence electrons. The van der Waals surface area contributed by atoms with Crippen LogP contribution in [0.3, 0.4) is 0 Å². The Bertz CT molecular complexity index is 544. The zero-order valence-corrected chi connectivity index (χ0v) is 19.8. The Morgan fingerprint density at radius 2 is 1.41 bits per heavy atom. The van der Waals surface area contributed by atoms with Gasteiger partial charge in [0.2, 0.25) is 0 Å². The molecule has 4 unspecified atom stereocenters. The standard InChI is InChI=1S/C22H30F5O.Y/c1-14-2-8-17(9-3-14)18-10-6-15(7-11-18)4-5-16-12-19(23)21(20(24)13-16)28-22(25,26)27;/h12,14-21H,2-3,6-11,13H2,1H3;/q-1;. The van der Waals surface area contributed by atoms with Crippen molar-refractivity contribution in [3.63, 3.8) is 0 Å². The van der Waals surface area contributed by atoms with Gasteiger partial charge < -0.3 is 0 Å². The monoisotopic (exact) mass is 494 g/mol. The molecule has 1 radical (unpaired) electrons. The SMILES string of the molecule is CC1CCC(C2CCC(C#CC3[CH-]C(F)C(OC(F)(F)F)C(F)C3)CC2)CC1.[Y]. The van der Waals surface area contributed by atoms with E-state index < -0.39 is 30.7 Å². The quantitative estimate of drug-likeness (QED) is 0.245. The number of ether oxygens (including phenoxy) is 1. The maximum Gasteiger partial charge on any atom is 0.522 e. The van der Waals surface area contributed by atoms with Crippen LogP contribution in [-0.4, -0.2) is 24.8 Å². The summed E-state index contributed by atoms with van der Waals surface area (Å²) in [6, 6.07) is 0. The molecule has 1 nitrogen and oxygen atoms in total. The third-order valence-electron chi connectivity index (χ3n) is 6.81. The van der Waals surface area contributed by atoms with Crippen molar-refractivity contribution in [2.45, 2.75) is 89.5 Å². The molecule has 0 aliphatic heterocycles. The molecule has 0 aromatic rings. The molecule has 0 aromatic carbocycles. The maximum absolute atomic E-state index is 14.0. The molecule has 3 rings (SSSR count). The van der Waals surface area contributed by atoms with Crippen LogP contribution in [0, 0.1) is 47.9 Å². The number of halogens is 5. The van der Waals surface area contributed by atoms with E-state index in [9.17, 15) is 22.0 Å². The number of hydrogen-bond donors (Lipinski definition) is 0. The fourth-order valence-electron chi connectivity index (χ4n) is 5.10. The van der Waals surface area contributed by atoms with Crippen LogP contribution >= 0.6 is 0 Å². The zero-order chi connectivity index (χ0) is 20.3. The van der Waals surface area contributed by atoms with Crippen LogP contribution in [0.1, 0.15) is 64.7 Å². The average molecular weight is 494 g/mol. The Morgan fingerprint density at radius 3 is 1.93 bits per heavy atom. The third-order valence-corrected chi connectivity index (χ3v) is 6.81. The van der Waals surface area contributed by atoms with Gasteiger partial charge in [0.25, 0.3) is 0 Å². The molecule has 0 spiro atoms. The first kappa shape index (κ1) is 25.5. The van der Waals surface area contributed by atoms with Crippen LogP contribution < -0.4 is 0 Å². The molecular formula is C22H30F5OY-. The van der Waals surface area contributed by atoms with Crippen LogP contribution in [-0.2, 0) is 37.4 Å². The number of rotatable bonds is 2. The van der Waals surface area contributed by atoms with E-state index in [-0.39, 0.29) is 45.0 Å². The van der Waals surface area contributed by atoms with Crippen molar-refractivity contribution in [1.29, 1.82) is 0 Å². The number of hydrogen-bond acceptors (Lipinski definition) is 1. The van der Waals surface area contributed by atoms with Crippen LogP contribution in [0.5, 0.6) is 0 Å². The van der Waals surface area contributed by atoms with Gasteiger partial charge in [0.15, 0.2) is 0 Å². The minimum absolute atomic E-state index is 0. The van der Waals surface area contributed by atoms with Crippen LogP contribution in [0.2, 0.25) is 0 Å². The van der Waals surface area contributed by atoms with Crippen molar-refractivity contribution < 1.29 is 59.4 Å². The Balaban J connectivity index is 0.00000300. The minimum Gasteiger partial charge on any atom is -0.285 e. The second-order valence-corrected chi connectivity index (χ2v) is 8.94. The summed E-state index contributed by atoms with van der Waals surface area (Å²) < 4.78 is 68.3. The predicted octanol–water partition coefficient (Wildman–Crippen LogP) is 6.43. The Hall–Kier alpha value is 0.274. The van der Waals surface area contributed by atoms with Gasteiger partial charge in [0.1, 0.15) is 12.3 Å². The van der Waals surface area contributed by atoms with Gasteiger partial charge in [-0.2, -0.15) is 0 Å². The molecule has 7 heteroatoms. The van der Waals surface area contributed by atoms with Gasteiger partial charge in [-0.3, -0.25) is 15.5 Å². The van der Waals surface area contributed by atoms with Crippen LogP contribution in [0.4, 0.5) is 22.0 Å².